The van der Waals surface area contributed by atoms with E-state index in [-0.39, 0.29) is 47.6 Å². The van der Waals surface area contributed by atoms with Crippen LogP contribution >= 0.6 is 0 Å². The summed E-state index contributed by atoms with van der Waals surface area (Å²) in [5.41, 5.74) is 0. The summed E-state index contributed by atoms with van der Waals surface area (Å²) in [4.78, 5) is 25.5. The molecule has 2 saturated heterocycles. The summed E-state index contributed by atoms with van der Waals surface area (Å²) in [6.07, 6.45) is 0.872. The Morgan fingerprint density at radius 2 is 2.15 bits per heavy atom. The molecule has 1 N–H and O–H groups in total. The molecule has 2 aliphatic heterocycles. The lowest BCUT2D eigenvalue weighted by Crippen LogP contribution is -2.37. The quantitative estimate of drug-likeness (QED) is 0.779. The van der Waals surface area contributed by atoms with E-state index in [9.17, 15) is 18.0 Å². The number of likely N-dealkylation sites (tertiary alicyclic amines) is 1. The zero-order valence-corrected chi connectivity index (χ0v) is 12.8. The Bertz CT molecular complexity index is 501. The van der Waals surface area contributed by atoms with Gasteiger partial charge in [-0.15, -0.1) is 0 Å². The minimum Gasteiger partial charge on any atom is -0.355 e. The average Bonchev–Trinajstić information content (AvgIpc) is 2.89. The van der Waals surface area contributed by atoms with Crippen LogP contribution in [0.25, 0.3) is 0 Å². The Labute approximate surface area is 119 Å². The van der Waals surface area contributed by atoms with Crippen LogP contribution in [0.3, 0.4) is 0 Å². The van der Waals surface area contributed by atoms with Gasteiger partial charge in [-0.2, -0.15) is 0 Å². The van der Waals surface area contributed by atoms with Crippen LogP contribution in [0.1, 0.15) is 26.7 Å². The normalized spacial score (nSPS) is 29.1. The third-order valence-electron chi connectivity index (χ3n) is 4.04. The molecule has 0 spiro atoms. The first kappa shape index (κ1) is 15.3. The third-order valence-corrected chi connectivity index (χ3v) is 5.88. The van der Waals surface area contributed by atoms with Gasteiger partial charge in [0.2, 0.25) is 11.8 Å². The highest BCUT2D eigenvalue weighted by molar-refractivity contribution is 7.91. The zero-order valence-electron chi connectivity index (χ0n) is 12.0. The van der Waals surface area contributed by atoms with Gasteiger partial charge in [0, 0.05) is 25.6 Å². The minimum atomic E-state index is -2.90. The molecule has 2 amide bonds. The first-order chi connectivity index (χ1) is 9.28. The summed E-state index contributed by atoms with van der Waals surface area (Å²) in [7, 11) is -2.90. The second kappa shape index (κ2) is 5.71. The fourth-order valence-corrected chi connectivity index (χ4v) is 4.69. The highest BCUT2D eigenvalue weighted by atomic mass is 32.2. The zero-order chi connectivity index (χ0) is 14.9. The van der Waals surface area contributed by atoms with Gasteiger partial charge in [-0.1, -0.05) is 0 Å². The van der Waals surface area contributed by atoms with Crippen LogP contribution in [-0.2, 0) is 19.4 Å². The topological polar surface area (TPSA) is 83.6 Å². The van der Waals surface area contributed by atoms with E-state index in [1.54, 1.807) is 4.90 Å². The molecule has 2 fully saturated rings. The first-order valence-corrected chi connectivity index (χ1v) is 8.88. The van der Waals surface area contributed by atoms with Gasteiger partial charge in [0.15, 0.2) is 9.84 Å². The summed E-state index contributed by atoms with van der Waals surface area (Å²) in [5, 5.41) is 2.80. The Morgan fingerprint density at radius 1 is 1.45 bits per heavy atom. The number of carbonyl (C=O) groups is 2. The summed E-state index contributed by atoms with van der Waals surface area (Å²) >= 11 is 0. The van der Waals surface area contributed by atoms with Gasteiger partial charge in [0.25, 0.3) is 0 Å². The fourth-order valence-electron chi connectivity index (χ4n) is 2.83. The van der Waals surface area contributed by atoms with Gasteiger partial charge in [0.05, 0.1) is 17.4 Å². The van der Waals surface area contributed by atoms with Crippen LogP contribution in [-0.4, -0.2) is 55.8 Å². The van der Waals surface area contributed by atoms with E-state index >= 15 is 0 Å². The van der Waals surface area contributed by atoms with Crippen LogP contribution in [0.5, 0.6) is 0 Å². The molecular formula is C13H22N2O4S. The minimum absolute atomic E-state index is 0.0160. The maximum atomic E-state index is 12.0. The van der Waals surface area contributed by atoms with Gasteiger partial charge in [-0.25, -0.2) is 8.42 Å². The summed E-state index contributed by atoms with van der Waals surface area (Å²) in [5.74, 6) is -0.0227. The molecule has 2 heterocycles. The van der Waals surface area contributed by atoms with Crippen LogP contribution in [0.2, 0.25) is 0 Å². The largest absolute Gasteiger partial charge is 0.355 e. The van der Waals surface area contributed by atoms with Crippen molar-refractivity contribution in [3.05, 3.63) is 0 Å². The van der Waals surface area contributed by atoms with Crippen molar-refractivity contribution >= 4 is 21.7 Å². The van der Waals surface area contributed by atoms with E-state index in [0.717, 1.165) is 0 Å². The molecule has 20 heavy (non-hydrogen) atoms. The highest BCUT2D eigenvalue weighted by Crippen LogP contribution is 2.21. The number of sulfone groups is 1. The van der Waals surface area contributed by atoms with E-state index in [4.69, 9.17) is 0 Å². The molecule has 114 valence electrons. The van der Waals surface area contributed by atoms with E-state index in [2.05, 4.69) is 5.32 Å². The molecule has 2 aliphatic rings. The lowest BCUT2D eigenvalue weighted by atomic mass is 10.1. The monoisotopic (exact) mass is 302 g/mol. The smallest absolute Gasteiger partial charge is 0.225 e. The molecule has 0 aromatic carbocycles. The lowest BCUT2D eigenvalue weighted by Gasteiger charge is -2.20. The Kier molecular flexibility index (Phi) is 4.36. The van der Waals surface area contributed by atoms with Gasteiger partial charge in [0.1, 0.15) is 0 Å². The molecule has 0 bridgehead atoms. The van der Waals surface area contributed by atoms with Crippen LogP contribution in [0.15, 0.2) is 0 Å². The van der Waals surface area contributed by atoms with Gasteiger partial charge >= 0.3 is 0 Å². The van der Waals surface area contributed by atoms with Crippen LogP contribution < -0.4 is 5.32 Å². The fraction of sp³-hybridized carbons (Fsp3) is 0.846. The molecule has 0 saturated carbocycles. The number of carbonyl (C=O) groups excluding carboxylic acids is 2. The lowest BCUT2D eigenvalue weighted by molar-refractivity contribution is -0.129. The highest BCUT2D eigenvalue weighted by Gasteiger charge is 2.36. The van der Waals surface area contributed by atoms with Gasteiger partial charge in [-0.05, 0) is 26.2 Å². The number of hydrogen-bond acceptors (Lipinski definition) is 4. The maximum absolute atomic E-state index is 12.0. The third kappa shape index (κ3) is 3.50. The Morgan fingerprint density at radius 3 is 2.65 bits per heavy atom. The van der Waals surface area contributed by atoms with Crippen molar-refractivity contribution in [1.29, 1.82) is 0 Å². The van der Waals surface area contributed by atoms with Crippen molar-refractivity contribution in [2.75, 3.05) is 24.6 Å². The van der Waals surface area contributed by atoms with Crippen molar-refractivity contribution in [1.82, 2.24) is 10.2 Å². The molecule has 0 unspecified atom stereocenters. The maximum Gasteiger partial charge on any atom is 0.225 e. The van der Waals surface area contributed by atoms with E-state index in [1.807, 2.05) is 13.8 Å². The number of rotatable bonds is 4. The Balaban J connectivity index is 1.80. The predicted molar refractivity (Wildman–Crippen MR) is 74.7 cm³/mol. The molecule has 0 aromatic rings. The van der Waals surface area contributed by atoms with Crippen molar-refractivity contribution in [2.24, 2.45) is 11.8 Å². The second-order valence-electron chi connectivity index (χ2n) is 6.06. The van der Waals surface area contributed by atoms with Crippen molar-refractivity contribution in [2.45, 2.75) is 32.7 Å². The number of nitrogens with zero attached hydrogens (tertiary/aromatic N) is 1. The number of nitrogens with one attached hydrogen (secondary N) is 1. The van der Waals surface area contributed by atoms with Crippen LogP contribution in [0, 0.1) is 11.8 Å². The number of amides is 2. The first-order valence-electron chi connectivity index (χ1n) is 7.06. The van der Waals surface area contributed by atoms with Gasteiger partial charge in [-0.3, -0.25) is 9.59 Å². The summed E-state index contributed by atoms with van der Waals surface area (Å²) in [6, 6.07) is 0.111. The molecule has 0 radical (unpaired) electrons. The average molecular weight is 302 g/mol. The summed E-state index contributed by atoms with van der Waals surface area (Å²) in [6.45, 7) is 4.72. The van der Waals surface area contributed by atoms with Crippen molar-refractivity contribution < 1.29 is 18.0 Å². The molecule has 6 nitrogen and oxygen atoms in total. The Hall–Kier alpha value is -1.11. The van der Waals surface area contributed by atoms with Gasteiger partial charge < -0.3 is 10.2 Å². The molecule has 0 aliphatic carbocycles. The van der Waals surface area contributed by atoms with Crippen molar-refractivity contribution in [3.8, 4) is 0 Å². The van der Waals surface area contributed by atoms with Crippen LogP contribution in [0.4, 0.5) is 0 Å². The van der Waals surface area contributed by atoms with Crippen molar-refractivity contribution in [3.63, 3.8) is 0 Å². The van der Waals surface area contributed by atoms with E-state index in [1.165, 1.54) is 0 Å². The molecular weight excluding hydrogens is 280 g/mol. The molecule has 2 atom stereocenters. The standard InChI is InChI=1S/C13H22N2O4S/c1-9(2)15-7-11(5-12(15)16)13(17)14-6-10-3-4-20(18,19)8-10/h9-11H,3-8H2,1-2H3,(H,14,17)/t10-,11-/m0/s1. The second-order valence-corrected chi connectivity index (χ2v) is 8.28. The number of hydrogen-bond donors (Lipinski definition) is 1. The molecule has 2 rings (SSSR count). The predicted octanol–water partition coefficient (Wildman–Crippen LogP) is -0.206. The SMILES string of the molecule is CC(C)N1C[C@@H](C(=O)NC[C@@H]2CCS(=O)(=O)C2)CC1=O. The molecule has 0 aromatic heterocycles. The summed E-state index contributed by atoms with van der Waals surface area (Å²) < 4.78 is 22.7. The van der Waals surface area contributed by atoms with E-state index < -0.39 is 9.84 Å². The molecule has 7 heteroatoms. The van der Waals surface area contributed by atoms with E-state index in [0.29, 0.717) is 19.5 Å².